The van der Waals surface area contributed by atoms with Crippen LogP contribution < -0.4 is 5.32 Å². The van der Waals surface area contributed by atoms with Gasteiger partial charge in [-0.15, -0.1) is 0 Å². The molecule has 25 heavy (non-hydrogen) atoms. The minimum atomic E-state index is -0.885. The Hall–Kier alpha value is -1.65. The number of hydrogen-bond donors (Lipinski definition) is 2. The average Bonchev–Trinajstić information content (AvgIpc) is 2.86. The highest BCUT2D eigenvalue weighted by molar-refractivity contribution is 6.33. The van der Waals surface area contributed by atoms with Gasteiger partial charge in [-0.1, -0.05) is 18.5 Å². The highest BCUT2D eigenvalue weighted by Gasteiger charge is 2.62. The number of anilines is 1. The number of halogens is 2. The summed E-state index contributed by atoms with van der Waals surface area (Å²) in [5, 5.41) is 15.3. The molecule has 1 fully saturated rings. The van der Waals surface area contributed by atoms with Gasteiger partial charge in [-0.3, -0.25) is 4.98 Å². The van der Waals surface area contributed by atoms with E-state index in [0.717, 1.165) is 30.5 Å². The van der Waals surface area contributed by atoms with Crippen molar-refractivity contribution in [2.24, 2.45) is 0 Å². The van der Waals surface area contributed by atoms with E-state index in [9.17, 15) is 9.50 Å². The second kappa shape index (κ2) is 5.18. The Morgan fingerprint density at radius 1 is 1.20 bits per heavy atom. The fourth-order valence-electron chi connectivity index (χ4n) is 4.91. The average molecular weight is 361 g/mol. The molecule has 132 valence electrons. The highest BCUT2D eigenvalue weighted by Crippen LogP contribution is 2.59. The molecule has 2 aromatic rings. The molecular weight excluding hydrogens is 339 g/mol. The van der Waals surface area contributed by atoms with Crippen molar-refractivity contribution < 1.29 is 9.50 Å². The molecule has 1 aliphatic carbocycles. The van der Waals surface area contributed by atoms with E-state index in [-0.39, 0.29) is 5.82 Å². The molecule has 2 atom stereocenters. The molecule has 1 saturated carbocycles. The number of benzene rings is 1. The van der Waals surface area contributed by atoms with Gasteiger partial charge in [-0.05, 0) is 56.9 Å². The number of rotatable bonds is 1. The van der Waals surface area contributed by atoms with E-state index in [1.807, 2.05) is 19.9 Å². The van der Waals surface area contributed by atoms with Crippen LogP contribution in [0.25, 0.3) is 11.1 Å². The summed E-state index contributed by atoms with van der Waals surface area (Å²) in [5.74, 6) is -0.331. The van der Waals surface area contributed by atoms with Gasteiger partial charge in [-0.25, -0.2) is 4.39 Å². The van der Waals surface area contributed by atoms with Crippen molar-refractivity contribution in [2.75, 3.05) is 5.32 Å². The largest absolute Gasteiger partial charge is 0.387 e. The minimum Gasteiger partial charge on any atom is -0.387 e. The quantitative estimate of drug-likeness (QED) is 0.758. The first-order valence-corrected chi connectivity index (χ1v) is 9.02. The Bertz CT molecular complexity index is 869. The number of nitrogens with one attached hydrogen (secondary N) is 1. The molecule has 2 N–H and O–H groups in total. The van der Waals surface area contributed by atoms with Crippen molar-refractivity contribution in [3.8, 4) is 11.1 Å². The third kappa shape index (κ3) is 2.10. The monoisotopic (exact) mass is 360 g/mol. The third-order valence-electron chi connectivity index (χ3n) is 6.37. The zero-order valence-electron chi connectivity index (χ0n) is 14.7. The number of aliphatic hydroxyl groups is 1. The van der Waals surface area contributed by atoms with Crippen LogP contribution in [-0.4, -0.2) is 21.2 Å². The molecule has 0 spiro atoms. The molecule has 1 aromatic carbocycles. The van der Waals surface area contributed by atoms with Gasteiger partial charge in [0.05, 0.1) is 16.2 Å². The lowest BCUT2D eigenvalue weighted by Crippen LogP contribution is -2.65. The SMILES string of the molecule is CC1(C)Nc2cc(F)c(-c3ccncc3Cl)cc2C2(C)CCCC12O. The van der Waals surface area contributed by atoms with Crippen LogP contribution in [-0.2, 0) is 5.41 Å². The van der Waals surface area contributed by atoms with Gasteiger partial charge in [0, 0.05) is 34.6 Å². The Kier molecular flexibility index (Phi) is 3.48. The fourth-order valence-corrected chi connectivity index (χ4v) is 5.13. The summed E-state index contributed by atoms with van der Waals surface area (Å²) in [4.78, 5) is 3.98. The molecule has 2 heterocycles. The fraction of sp³-hybridized carbons (Fsp3) is 0.450. The molecule has 0 saturated heterocycles. The molecule has 0 bridgehead atoms. The number of nitrogens with zero attached hydrogens (tertiary/aromatic N) is 1. The second-order valence-corrected chi connectivity index (χ2v) is 8.44. The standard InChI is InChI=1S/C20H22ClFN2O/c1-18(2)20(25)7-4-6-19(20,3)14-9-13(16(22)10-17(14)24-18)12-5-8-23-11-15(12)21/h5,8-11,24-25H,4,6-7H2,1-3H3. The highest BCUT2D eigenvalue weighted by atomic mass is 35.5. The van der Waals surface area contributed by atoms with Gasteiger partial charge in [0.1, 0.15) is 5.82 Å². The van der Waals surface area contributed by atoms with Crippen molar-refractivity contribution in [1.82, 2.24) is 4.98 Å². The number of pyridine rings is 1. The van der Waals surface area contributed by atoms with Gasteiger partial charge in [0.2, 0.25) is 0 Å². The molecule has 2 unspecified atom stereocenters. The zero-order valence-corrected chi connectivity index (χ0v) is 15.4. The Morgan fingerprint density at radius 2 is 1.96 bits per heavy atom. The van der Waals surface area contributed by atoms with Crippen LogP contribution in [0.5, 0.6) is 0 Å². The number of fused-ring (bicyclic) bond motifs is 3. The Balaban J connectivity index is 1.97. The summed E-state index contributed by atoms with van der Waals surface area (Å²) < 4.78 is 14.9. The summed E-state index contributed by atoms with van der Waals surface area (Å²) in [6, 6.07) is 5.10. The van der Waals surface area contributed by atoms with Crippen LogP contribution in [0, 0.1) is 5.82 Å². The van der Waals surface area contributed by atoms with Crippen molar-refractivity contribution in [3.63, 3.8) is 0 Å². The first-order chi connectivity index (χ1) is 11.7. The molecule has 5 heteroatoms. The Labute approximate surface area is 152 Å². The van der Waals surface area contributed by atoms with E-state index >= 15 is 0 Å². The van der Waals surface area contributed by atoms with Crippen LogP contribution in [0.3, 0.4) is 0 Å². The molecule has 1 aliphatic heterocycles. The van der Waals surface area contributed by atoms with Crippen molar-refractivity contribution in [2.45, 2.75) is 56.6 Å². The first-order valence-electron chi connectivity index (χ1n) is 8.64. The van der Waals surface area contributed by atoms with Crippen LogP contribution >= 0.6 is 11.6 Å². The number of aromatic nitrogens is 1. The lowest BCUT2D eigenvalue weighted by molar-refractivity contribution is -0.0628. The predicted octanol–water partition coefficient (Wildman–Crippen LogP) is 4.92. The van der Waals surface area contributed by atoms with Crippen LogP contribution in [0.4, 0.5) is 10.1 Å². The van der Waals surface area contributed by atoms with Gasteiger partial charge >= 0.3 is 0 Å². The summed E-state index contributed by atoms with van der Waals surface area (Å²) >= 11 is 6.24. The smallest absolute Gasteiger partial charge is 0.133 e. The minimum absolute atomic E-state index is 0.331. The molecular formula is C20H22ClFN2O. The summed E-state index contributed by atoms with van der Waals surface area (Å²) in [7, 11) is 0. The van der Waals surface area contributed by atoms with Crippen LogP contribution in [0.1, 0.15) is 45.6 Å². The number of hydrogen-bond acceptors (Lipinski definition) is 3. The zero-order chi connectivity index (χ0) is 18.0. The molecule has 0 radical (unpaired) electrons. The molecule has 4 rings (SSSR count). The lowest BCUT2D eigenvalue weighted by atomic mass is 9.60. The predicted molar refractivity (Wildman–Crippen MR) is 98.5 cm³/mol. The van der Waals surface area contributed by atoms with Gasteiger partial charge < -0.3 is 10.4 Å². The first kappa shape index (κ1) is 16.8. The van der Waals surface area contributed by atoms with E-state index in [1.54, 1.807) is 12.3 Å². The van der Waals surface area contributed by atoms with E-state index in [4.69, 9.17) is 11.6 Å². The summed E-state index contributed by atoms with van der Waals surface area (Å²) in [6.45, 7) is 6.08. The van der Waals surface area contributed by atoms with Crippen molar-refractivity contribution >= 4 is 17.3 Å². The lowest BCUT2D eigenvalue weighted by Gasteiger charge is -2.55. The van der Waals surface area contributed by atoms with Crippen molar-refractivity contribution in [1.29, 1.82) is 0 Å². The summed E-state index contributed by atoms with van der Waals surface area (Å²) in [5.41, 5.74) is 0.924. The Morgan fingerprint density at radius 3 is 2.68 bits per heavy atom. The molecule has 1 aromatic heterocycles. The molecule has 2 aliphatic rings. The molecule has 0 amide bonds. The van der Waals surface area contributed by atoms with Gasteiger partial charge in [-0.2, -0.15) is 0 Å². The second-order valence-electron chi connectivity index (χ2n) is 8.03. The van der Waals surface area contributed by atoms with E-state index in [0.29, 0.717) is 16.1 Å². The van der Waals surface area contributed by atoms with E-state index in [1.165, 1.54) is 12.3 Å². The van der Waals surface area contributed by atoms with Crippen LogP contribution in [0.15, 0.2) is 30.6 Å². The third-order valence-corrected chi connectivity index (χ3v) is 6.67. The van der Waals surface area contributed by atoms with E-state index < -0.39 is 16.6 Å². The van der Waals surface area contributed by atoms with E-state index in [2.05, 4.69) is 17.2 Å². The maximum Gasteiger partial charge on any atom is 0.133 e. The maximum absolute atomic E-state index is 14.9. The van der Waals surface area contributed by atoms with Gasteiger partial charge in [0.25, 0.3) is 0 Å². The summed E-state index contributed by atoms with van der Waals surface area (Å²) in [6.07, 6.45) is 5.67. The normalized spacial score (nSPS) is 29.7. The van der Waals surface area contributed by atoms with Crippen molar-refractivity contribution in [3.05, 3.63) is 47.0 Å². The topological polar surface area (TPSA) is 45.2 Å². The molecule has 3 nitrogen and oxygen atoms in total. The van der Waals surface area contributed by atoms with Crippen LogP contribution in [0.2, 0.25) is 5.02 Å². The maximum atomic E-state index is 14.9. The van der Waals surface area contributed by atoms with Gasteiger partial charge in [0.15, 0.2) is 0 Å².